The Kier molecular flexibility index (Phi) is 6.63. The van der Waals surface area contributed by atoms with Crippen LogP contribution in [0.4, 0.5) is 5.69 Å². The van der Waals surface area contributed by atoms with Crippen LogP contribution in [0.15, 0.2) is 61.2 Å². The van der Waals surface area contributed by atoms with Crippen LogP contribution in [0.3, 0.4) is 0 Å². The normalized spacial score (nSPS) is 12.6. The lowest BCUT2D eigenvalue weighted by molar-refractivity contribution is -0.119. The van der Waals surface area contributed by atoms with Gasteiger partial charge in [-0.05, 0) is 49.2 Å². The zero-order chi connectivity index (χ0) is 20.6. The second kappa shape index (κ2) is 9.54. The third-order valence-corrected chi connectivity index (χ3v) is 4.15. The number of nitrogens with one attached hydrogen (secondary N) is 2. The zero-order valence-corrected chi connectivity index (χ0v) is 15.9. The van der Waals surface area contributed by atoms with Gasteiger partial charge in [-0.25, -0.2) is 4.79 Å². The minimum atomic E-state index is -0.629. The molecule has 2 amide bonds. The van der Waals surface area contributed by atoms with Crippen LogP contribution in [0.2, 0.25) is 0 Å². The number of hydrogen-bond acceptors (Lipinski definition) is 5. The van der Waals surface area contributed by atoms with Gasteiger partial charge < -0.3 is 20.1 Å². The molecule has 1 aliphatic rings. The lowest BCUT2D eigenvalue weighted by Gasteiger charge is -2.11. The highest BCUT2D eigenvalue weighted by Gasteiger charge is 2.25. The van der Waals surface area contributed by atoms with Gasteiger partial charge in [-0.15, -0.1) is 0 Å². The first-order valence-corrected chi connectivity index (χ1v) is 9.27. The zero-order valence-electron chi connectivity index (χ0n) is 15.9. The highest BCUT2D eigenvalue weighted by atomic mass is 16.5. The van der Waals surface area contributed by atoms with Gasteiger partial charge in [0.1, 0.15) is 12.4 Å². The topological polar surface area (TPSA) is 93.7 Å². The van der Waals surface area contributed by atoms with Crippen molar-refractivity contribution in [2.45, 2.75) is 18.9 Å². The molecule has 0 unspecified atom stereocenters. The van der Waals surface area contributed by atoms with Gasteiger partial charge in [0.2, 0.25) is 0 Å². The Hall–Kier alpha value is -3.61. The van der Waals surface area contributed by atoms with Gasteiger partial charge >= 0.3 is 5.97 Å². The Balaban J connectivity index is 1.52. The van der Waals surface area contributed by atoms with Gasteiger partial charge in [0.05, 0.1) is 16.8 Å². The summed E-state index contributed by atoms with van der Waals surface area (Å²) in [5, 5.41) is 5.50. The molecule has 1 aliphatic carbocycles. The molecule has 0 bridgehead atoms. The molecule has 0 spiro atoms. The van der Waals surface area contributed by atoms with Crippen LogP contribution in [0.5, 0.6) is 5.75 Å². The third kappa shape index (κ3) is 5.93. The van der Waals surface area contributed by atoms with Crippen LogP contribution in [0.25, 0.3) is 0 Å². The van der Waals surface area contributed by atoms with Crippen molar-refractivity contribution in [2.75, 3.05) is 18.5 Å². The van der Waals surface area contributed by atoms with Crippen molar-refractivity contribution in [2.24, 2.45) is 0 Å². The number of carbonyl (C=O) groups excluding carboxylic acids is 3. The lowest BCUT2D eigenvalue weighted by atomic mass is 10.1. The van der Waals surface area contributed by atoms with Crippen molar-refractivity contribution in [3.63, 3.8) is 0 Å². The molecule has 0 atom stereocenters. The highest BCUT2D eigenvalue weighted by Crippen LogP contribution is 2.21. The molecule has 3 rings (SSSR count). The summed E-state index contributed by atoms with van der Waals surface area (Å²) < 4.78 is 10.4. The molecule has 2 aromatic carbocycles. The number of para-hydroxylation sites is 1. The molecule has 7 nitrogen and oxygen atoms in total. The molecule has 0 aromatic heterocycles. The van der Waals surface area contributed by atoms with Crippen LogP contribution in [0, 0.1) is 0 Å². The predicted octanol–water partition coefficient (Wildman–Crippen LogP) is 2.94. The maximum Gasteiger partial charge on any atom is 0.338 e. The molecule has 2 N–H and O–H groups in total. The van der Waals surface area contributed by atoms with Crippen molar-refractivity contribution in [1.82, 2.24) is 5.32 Å². The number of benzene rings is 2. The molecule has 29 heavy (non-hydrogen) atoms. The monoisotopic (exact) mass is 394 g/mol. The molecule has 150 valence electrons. The number of esters is 1. The summed E-state index contributed by atoms with van der Waals surface area (Å²) in [5.41, 5.74) is 1.04. The Labute approximate surface area is 168 Å². The van der Waals surface area contributed by atoms with E-state index in [2.05, 4.69) is 17.2 Å². The van der Waals surface area contributed by atoms with E-state index in [1.807, 2.05) is 0 Å². The van der Waals surface area contributed by atoms with Crippen molar-refractivity contribution in [3.8, 4) is 5.75 Å². The summed E-state index contributed by atoms with van der Waals surface area (Å²) in [6, 6.07) is 13.3. The summed E-state index contributed by atoms with van der Waals surface area (Å²) in [7, 11) is 0. The smallest absolute Gasteiger partial charge is 0.338 e. The standard InChI is InChI=1S/C22H22N2O5/c1-2-13-28-17-11-7-15(8-12-17)22(27)29-14-20(25)24-19-6-4-3-5-18(19)21(26)23-16-9-10-16/h2-8,11-12,16H,1,9-10,13-14H2,(H,23,26)(H,24,25). The summed E-state index contributed by atoms with van der Waals surface area (Å²) in [6.07, 6.45) is 3.56. The van der Waals surface area contributed by atoms with E-state index in [0.717, 1.165) is 12.8 Å². The Morgan fingerprint density at radius 2 is 1.79 bits per heavy atom. The Bertz CT molecular complexity index is 904. The largest absolute Gasteiger partial charge is 0.490 e. The number of carbonyl (C=O) groups is 3. The molecule has 0 radical (unpaired) electrons. The van der Waals surface area contributed by atoms with E-state index in [-0.39, 0.29) is 11.9 Å². The number of rotatable bonds is 9. The minimum Gasteiger partial charge on any atom is -0.490 e. The Morgan fingerprint density at radius 3 is 2.48 bits per heavy atom. The summed E-state index contributed by atoms with van der Waals surface area (Å²) >= 11 is 0. The van der Waals surface area contributed by atoms with Crippen LogP contribution >= 0.6 is 0 Å². The van der Waals surface area contributed by atoms with Gasteiger partial charge in [0.25, 0.3) is 11.8 Å². The fraction of sp³-hybridized carbons (Fsp3) is 0.227. The van der Waals surface area contributed by atoms with Crippen molar-refractivity contribution in [1.29, 1.82) is 0 Å². The number of ether oxygens (including phenoxy) is 2. The molecule has 7 heteroatoms. The lowest BCUT2D eigenvalue weighted by Crippen LogP contribution is -2.28. The number of hydrogen-bond donors (Lipinski definition) is 2. The average Bonchev–Trinajstić information content (AvgIpc) is 3.55. The van der Waals surface area contributed by atoms with E-state index in [1.165, 1.54) is 0 Å². The second-order valence-corrected chi connectivity index (χ2v) is 6.54. The number of anilines is 1. The van der Waals surface area contributed by atoms with E-state index in [4.69, 9.17) is 9.47 Å². The predicted molar refractivity (Wildman–Crippen MR) is 108 cm³/mol. The SMILES string of the molecule is C=CCOc1ccc(C(=O)OCC(=O)Nc2ccccc2C(=O)NC2CC2)cc1. The summed E-state index contributed by atoms with van der Waals surface area (Å²) in [6.45, 7) is 3.46. The van der Waals surface area contributed by atoms with E-state index < -0.39 is 18.5 Å². The fourth-order valence-electron chi connectivity index (χ4n) is 2.52. The van der Waals surface area contributed by atoms with Crippen molar-refractivity contribution < 1.29 is 23.9 Å². The fourth-order valence-corrected chi connectivity index (χ4v) is 2.52. The molecular weight excluding hydrogens is 372 g/mol. The quantitative estimate of drug-likeness (QED) is 0.504. The first-order valence-electron chi connectivity index (χ1n) is 9.27. The first-order chi connectivity index (χ1) is 14.1. The molecule has 1 saturated carbocycles. The van der Waals surface area contributed by atoms with Gasteiger partial charge in [-0.2, -0.15) is 0 Å². The first kappa shape index (κ1) is 20.1. The van der Waals surface area contributed by atoms with Crippen LogP contribution < -0.4 is 15.4 Å². The summed E-state index contributed by atoms with van der Waals surface area (Å²) in [5.74, 6) is -0.800. The Morgan fingerprint density at radius 1 is 1.07 bits per heavy atom. The minimum absolute atomic E-state index is 0.209. The highest BCUT2D eigenvalue weighted by molar-refractivity contribution is 6.04. The molecule has 0 saturated heterocycles. The third-order valence-electron chi connectivity index (χ3n) is 4.15. The van der Waals surface area contributed by atoms with Gasteiger partial charge in [0, 0.05) is 6.04 Å². The maximum absolute atomic E-state index is 12.3. The summed E-state index contributed by atoms with van der Waals surface area (Å²) in [4.78, 5) is 36.6. The average molecular weight is 394 g/mol. The van der Waals surface area contributed by atoms with Crippen LogP contribution in [0.1, 0.15) is 33.6 Å². The van der Waals surface area contributed by atoms with E-state index >= 15 is 0 Å². The molecule has 0 aliphatic heterocycles. The second-order valence-electron chi connectivity index (χ2n) is 6.54. The molecule has 0 heterocycles. The van der Waals surface area contributed by atoms with Crippen molar-refractivity contribution in [3.05, 3.63) is 72.3 Å². The van der Waals surface area contributed by atoms with Crippen molar-refractivity contribution >= 4 is 23.5 Å². The maximum atomic E-state index is 12.3. The van der Waals surface area contributed by atoms with Gasteiger partial charge in [0.15, 0.2) is 6.61 Å². The molecule has 1 fully saturated rings. The molecule has 2 aromatic rings. The van der Waals surface area contributed by atoms with Crippen LogP contribution in [-0.4, -0.2) is 37.0 Å². The van der Waals surface area contributed by atoms with Gasteiger partial charge in [-0.1, -0.05) is 24.8 Å². The van der Waals surface area contributed by atoms with E-state index in [1.54, 1.807) is 54.6 Å². The van der Waals surface area contributed by atoms with E-state index in [0.29, 0.717) is 29.2 Å². The van der Waals surface area contributed by atoms with Crippen LogP contribution in [-0.2, 0) is 9.53 Å². The number of amides is 2. The van der Waals surface area contributed by atoms with Gasteiger partial charge in [-0.3, -0.25) is 9.59 Å². The van der Waals surface area contributed by atoms with E-state index in [9.17, 15) is 14.4 Å². The molecular formula is C22H22N2O5.